The van der Waals surface area contributed by atoms with Crippen LogP contribution >= 0.6 is 15.9 Å². The van der Waals surface area contributed by atoms with Crippen molar-refractivity contribution in [2.45, 2.75) is 51.2 Å². The van der Waals surface area contributed by atoms with Crippen molar-refractivity contribution in [1.29, 1.82) is 0 Å². The fourth-order valence-electron chi connectivity index (χ4n) is 9.49. The highest BCUT2D eigenvalue weighted by molar-refractivity contribution is 9.10. The monoisotopic (exact) mass is 843 g/mol. The Morgan fingerprint density at radius 2 is 1.64 bits per heavy atom. The maximum absolute atomic E-state index is 15.3. The van der Waals surface area contributed by atoms with Crippen LogP contribution in [0.3, 0.4) is 0 Å². The number of carbonyl (C=O) groups excluding carboxylic acids is 2. The zero-order valence-corrected chi connectivity index (χ0v) is 34.2. The Labute approximate surface area is 346 Å². The van der Waals surface area contributed by atoms with Crippen LogP contribution in [0.5, 0.6) is 17.2 Å². The molecule has 1 saturated heterocycles. The zero-order valence-electron chi connectivity index (χ0n) is 32.6. The third-order valence-electron chi connectivity index (χ3n) is 12.5. The van der Waals surface area contributed by atoms with E-state index in [1.165, 1.54) is 16.8 Å². The minimum Gasteiger partial charge on any atom is -0.508 e. The third kappa shape index (κ3) is 6.60. The van der Waals surface area contributed by atoms with E-state index in [0.29, 0.717) is 48.1 Å². The molecule has 0 bridgehead atoms. The van der Waals surface area contributed by atoms with Crippen LogP contribution < -0.4 is 19.3 Å². The van der Waals surface area contributed by atoms with Gasteiger partial charge in [-0.1, -0.05) is 28.1 Å². The van der Waals surface area contributed by atoms with E-state index in [1.807, 2.05) is 35.2 Å². The van der Waals surface area contributed by atoms with Crippen molar-refractivity contribution in [2.24, 2.45) is 0 Å². The number of aromatic hydroxyl groups is 1. The maximum Gasteiger partial charge on any atom is 0.264 e. The van der Waals surface area contributed by atoms with Crippen LogP contribution in [-0.4, -0.2) is 90.6 Å². The summed E-state index contributed by atoms with van der Waals surface area (Å²) in [6.45, 7) is 5.95. The van der Waals surface area contributed by atoms with Gasteiger partial charge in [0.2, 0.25) is 6.79 Å². The number of halogens is 1. The van der Waals surface area contributed by atoms with Crippen LogP contribution in [0.15, 0.2) is 83.3 Å². The fourth-order valence-corrected chi connectivity index (χ4v) is 10.1. The first-order valence-corrected chi connectivity index (χ1v) is 21.1. The Morgan fingerprint density at radius 3 is 2.47 bits per heavy atom. The number of hydrogen-bond acceptors (Lipinski definition) is 8. The first kappa shape index (κ1) is 37.0. The van der Waals surface area contributed by atoms with Gasteiger partial charge in [0, 0.05) is 90.8 Å². The second-order valence-electron chi connectivity index (χ2n) is 16.0. The number of hydrogen-bond donors (Lipinski definition) is 1. The van der Waals surface area contributed by atoms with Crippen molar-refractivity contribution < 1.29 is 28.9 Å². The van der Waals surface area contributed by atoms with Gasteiger partial charge in [0.05, 0.1) is 24.3 Å². The van der Waals surface area contributed by atoms with Gasteiger partial charge in [-0.25, -0.2) is 0 Å². The van der Waals surface area contributed by atoms with E-state index in [-0.39, 0.29) is 30.4 Å². The number of ether oxygens (including phenoxy) is 3. The van der Waals surface area contributed by atoms with Crippen molar-refractivity contribution in [3.63, 3.8) is 0 Å². The van der Waals surface area contributed by atoms with Crippen molar-refractivity contribution in [1.82, 2.24) is 14.4 Å². The van der Waals surface area contributed by atoms with Crippen molar-refractivity contribution in [2.75, 3.05) is 63.0 Å². The molecule has 10 rings (SSSR count). The molecule has 1 atom stereocenters. The Kier molecular flexibility index (Phi) is 9.66. The summed E-state index contributed by atoms with van der Waals surface area (Å²) in [6.07, 6.45) is 4.26. The number of anilines is 3. The highest BCUT2D eigenvalue weighted by Crippen LogP contribution is 2.44. The predicted octanol–water partition coefficient (Wildman–Crippen LogP) is 7.56. The lowest BCUT2D eigenvalue weighted by Crippen LogP contribution is -2.52. The molecule has 5 aliphatic rings. The number of amides is 2. The largest absolute Gasteiger partial charge is 0.508 e. The van der Waals surface area contributed by atoms with Gasteiger partial charge in [-0.3, -0.25) is 19.4 Å². The lowest BCUT2D eigenvalue weighted by Gasteiger charge is -2.41. The number of carbonyl (C=O) groups is 2. The van der Waals surface area contributed by atoms with Crippen LogP contribution in [0, 0.1) is 0 Å². The molecule has 1 aromatic heterocycles. The number of phenols is 1. The van der Waals surface area contributed by atoms with Gasteiger partial charge in [-0.2, -0.15) is 0 Å². The molecule has 0 spiro atoms. The summed E-state index contributed by atoms with van der Waals surface area (Å²) in [5.41, 5.74) is 9.77. The summed E-state index contributed by atoms with van der Waals surface area (Å²) >= 11 is 3.81. The van der Waals surface area contributed by atoms with Crippen LogP contribution in [0.4, 0.5) is 17.1 Å². The van der Waals surface area contributed by atoms with Gasteiger partial charge >= 0.3 is 0 Å². The number of phenolic OH excluding ortho intramolecular Hbond substituents is 1. The number of benzene rings is 4. The van der Waals surface area contributed by atoms with Crippen LogP contribution in [0.2, 0.25) is 0 Å². The van der Waals surface area contributed by atoms with E-state index < -0.39 is 0 Å². The maximum atomic E-state index is 15.3. The molecule has 0 saturated carbocycles. The molecule has 2 amide bonds. The van der Waals surface area contributed by atoms with E-state index in [0.717, 1.165) is 97.5 Å². The fraction of sp³-hybridized carbons (Fsp3) is 0.348. The van der Waals surface area contributed by atoms with Gasteiger partial charge in [0.15, 0.2) is 11.5 Å². The predicted molar refractivity (Wildman–Crippen MR) is 226 cm³/mol. The zero-order chi connectivity index (χ0) is 39.5. The molecule has 5 aliphatic heterocycles. The summed E-state index contributed by atoms with van der Waals surface area (Å²) in [7, 11) is 2.09. The van der Waals surface area contributed by atoms with Gasteiger partial charge in [-0.05, 0) is 116 Å². The summed E-state index contributed by atoms with van der Waals surface area (Å²) in [5, 5.41) is 10.2. The molecule has 1 fully saturated rings. The van der Waals surface area contributed by atoms with E-state index in [9.17, 15) is 5.11 Å². The van der Waals surface area contributed by atoms with Crippen molar-refractivity contribution in [3.8, 4) is 28.5 Å². The second kappa shape index (κ2) is 15.1. The van der Waals surface area contributed by atoms with E-state index in [2.05, 4.69) is 61.6 Å². The molecule has 4 aromatic carbocycles. The lowest BCUT2D eigenvalue weighted by molar-refractivity contribution is 0.0192. The molecular weight excluding hydrogens is 798 g/mol. The summed E-state index contributed by atoms with van der Waals surface area (Å²) in [4.78, 5) is 39.0. The number of rotatable bonds is 7. The molecule has 58 heavy (non-hydrogen) atoms. The molecule has 11 nitrogen and oxygen atoms in total. The van der Waals surface area contributed by atoms with Gasteiger partial charge in [0.25, 0.3) is 11.8 Å². The Hall–Kier alpha value is -5.30. The molecular formula is C46H46BrN5O6. The molecule has 0 unspecified atom stereocenters. The molecule has 298 valence electrons. The Balaban J connectivity index is 1.08. The number of fused-ring (bicyclic) bond motifs is 4. The van der Waals surface area contributed by atoms with Gasteiger partial charge in [0.1, 0.15) is 5.75 Å². The number of morpholine rings is 1. The lowest BCUT2D eigenvalue weighted by atomic mass is 9.92. The number of likely N-dealkylation sites (N-methyl/N-ethyl adjacent to an activating group) is 1. The third-order valence-corrected chi connectivity index (χ3v) is 13.3. The van der Waals surface area contributed by atoms with Crippen LogP contribution in [-0.2, 0) is 37.1 Å². The summed E-state index contributed by atoms with van der Waals surface area (Å²) in [5.74, 6) is 1.01. The van der Waals surface area contributed by atoms with E-state index in [1.54, 1.807) is 29.2 Å². The molecule has 0 radical (unpaired) electrons. The quantitative estimate of drug-likeness (QED) is 0.179. The molecule has 12 heteroatoms. The minimum atomic E-state index is -0.161. The highest BCUT2D eigenvalue weighted by atomic mass is 79.9. The first-order chi connectivity index (χ1) is 28.3. The number of aromatic nitrogens is 1. The molecule has 5 aromatic rings. The normalized spacial score (nSPS) is 18.5. The van der Waals surface area contributed by atoms with E-state index >= 15 is 9.59 Å². The number of nitrogens with zero attached hydrogens (tertiary/aromatic N) is 5. The second-order valence-corrected chi connectivity index (χ2v) is 16.8. The molecule has 6 heterocycles. The summed E-state index contributed by atoms with van der Waals surface area (Å²) in [6, 6.07) is 24.9. The van der Waals surface area contributed by atoms with Crippen LogP contribution in [0.25, 0.3) is 11.3 Å². The van der Waals surface area contributed by atoms with Gasteiger partial charge < -0.3 is 33.7 Å². The smallest absolute Gasteiger partial charge is 0.264 e. The van der Waals surface area contributed by atoms with Crippen molar-refractivity contribution in [3.05, 3.63) is 117 Å². The van der Waals surface area contributed by atoms with Crippen LogP contribution in [0.1, 0.15) is 55.9 Å². The Morgan fingerprint density at radius 1 is 0.845 bits per heavy atom. The summed E-state index contributed by atoms with van der Waals surface area (Å²) < 4.78 is 20.8. The molecule has 1 N–H and O–H groups in total. The van der Waals surface area contributed by atoms with Gasteiger partial charge in [-0.15, -0.1) is 0 Å². The minimum absolute atomic E-state index is 0.0700. The topological polar surface area (TPSA) is 100.0 Å². The Bertz CT molecular complexity index is 2420. The standard InChI is InChI=1S/C46H46BrN5O6/c1-48-16-14-29-21-32(10-13-40(29)48)52(31-8-11-34(53)12-9-31)46(55)38-23-42(50-15-3-2-7-41(38)50)36-24-43-44(58-28-57-43)25-37(36)45(54)51-26-30-5-4-6-39(47)35(30)22-33(51)27-49-17-19-56-20-18-49/h4-6,8-13,21,23-25,33,53H,2-3,7,14-20,22,26-28H2,1H3/t33-/m0/s1. The first-order valence-electron chi connectivity index (χ1n) is 20.3. The SMILES string of the molecule is CN1CCc2cc(N(C(=O)c3cc(-c4cc5c(cc4C(=O)N4Cc6cccc(Br)c6C[C@H]4CN4CCOCC4)OCO5)n4c3CCCC4)c3ccc(O)cc3)ccc21. The average Bonchev–Trinajstić information content (AvgIpc) is 3.98. The van der Waals surface area contributed by atoms with E-state index in [4.69, 9.17) is 14.2 Å². The highest BCUT2D eigenvalue weighted by Gasteiger charge is 2.37. The molecule has 0 aliphatic carbocycles. The average molecular weight is 845 g/mol. The van der Waals surface area contributed by atoms with Crippen molar-refractivity contribution >= 4 is 44.8 Å².